The quantitative estimate of drug-likeness (QED) is 0.479. The molecule has 0 saturated heterocycles. The second-order valence-electron chi connectivity index (χ2n) is 7.07. The number of rotatable bonds is 0. The Morgan fingerprint density at radius 2 is 2.00 bits per heavy atom. The van der Waals surface area contributed by atoms with E-state index in [9.17, 15) is 13.2 Å². The van der Waals surface area contributed by atoms with Crippen molar-refractivity contribution in [3.63, 3.8) is 0 Å². The minimum atomic E-state index is -4.52. The van der Waals surface area contributed by atoms with Crippen LogP contribution in [0.1, 0.15) is 43.3 Å². The van der Waals surface area contributed by atoms with Crippen LogP contribution >= 0.6 is 11.6 Å². The molecule has 0 fully saturated rings. The minimum Gasteiger partial charge on any atom is -0.490 e. The molecular formula is C20H18ClF3N4O. The van der Waals surface area contributed by atoms with Gasteiger partial charge < -0.3 is 10.1 Å². The first-order valence-electron chi connectivity index (χ1n) is 9.18. The molecule has 2 atom stereocenters. The average molecular weight is 423 g/mol. The van der Waals surface area contributed by atoms with E-state index in [2.05, 4.69) is 20.3 Å². The number of halogens is 4. The maximum atomic E-state index is 13.6. The van der Waals surface area contributed by atoms with E-state index in [1.807, 2.05) is 0 Å². The zero-order valence-electron chi connectivity index (χ0n) is 15.7. The first-order valence-corrected chi connectivity index (χ1v) is 9.55. The lowest BCUT2D eigenvalue weighted by Gasteiger charge is -2.24. The van der Waals surface area contributed by atoms with Crippen molar-refractivity contribution in [1.29, 1.82) is 0 Å². The van der Waals surface area contributed by atoms with Crippen molar-refractivity contribution in [1.82, 2.24) is 15.0 Å². The first kappa shape index (κ1) is 19.7. The van der Waals surface area contributed by atoms with E-state index in [4.69, 9.17) is 16.3 Å². The van der Waals surface area contributed by atoms with Crippen LogP contribution in [0.4, 0.5) is 19.0 Å². The van der Waals surface area contributed by atoms with Crippen LogP contribution in [0.3, 0.4) is 0 Å². The van der Waals surface area contributed by atoms with E-state index in [0.29, 0.717) is 41.0 Å². The molecule has 4 rings (SSSR count). The third kappa shape index (κ3) is 3.94. The van der Waals surface area contributed by atoms with Gasteiger partial charge in [0.15, 0.2) is 0 Å². The fourth-order valence-electron chi connectivity index (χ4n) is 3.40. The molecule has 0 unspecified atom stereocenters. The van der Waals surface area contributed by atoms with Gasteiger partial charge in [0.1, 0.15) is 22.5 Å². The van der Waals surface area contributed by atoms with Gasteiger partial charge in [0.05, 0.1) is 29.4 Å². The molecule has 0 amide bonds. The number of aryl methyl sites for hydroxylation is 1. The topological polar surface area (TPSA) is 59.9 Å². The summed E-state index contributed by atoms with van der Waals surface area (Å²) in [5, 5.41) is 4.15. The number of alkyl halides is 3. The molecular weight excluding hydrogens is 405 g/mol. The summed E-state index contributed by atoms with van der Waals surface area (Å²) in [6.07, 6.45) is -2.49. The van der Waals surface area contributed by atoms with Gasteiger partial charge in [-0.25, -0.2) is 15.0 Å². The van der Waals surface area contributed by atoms with Crippen molar-refractivity contribution in [3.8, 4) is 5.75 Å². The largest absolute Gasteiger partial charge is 0.490 e. The number of anilines is 1. The summed E-state index contributed by atoms with van der Waals surface area (Å²) < 4.78 is 46.7. The number of hydrogen-bond donors (Lipinski definition) is 1. The molecule has 0 radical (unpaired) electrons. The summed E-state index contributed by atoms with van der Waals surface area (Å²) in [7, 11) is 0. The number of hydrogen-bond acceptors (Lipinski definition) is 5. The van der Waals surface area contributed by atoms with Gasteiger partial charge in [-0.3, -0.25) is 0 Å². The predicted octanol–water partition coefficient (Wildman–Crippen LogP) is 5.58. The van der Waals surface area contributed by atoms with E-state index in [0.717, 1.165) is 6.07 Å². The number of ether oxygens (including phenoxy) is 1. The molecule has 29 heavy (non-hydrogen) atoms. The normalized spacial score (nSPS) is 19.7. The van der Waals surface area contributed by atoms with E-state index in [1.165, 1.54) is 6.07 Å². The molecule has 152 valence electrons. The number of para-hydroxylation sites is 1. The number of fused-ring (bicyclic) bond motifs is 5. The molecule has 2 bridgehead atoms. The molecule has 1 aliphatic rings. The molecule has 2 aromatic heterocycles. The minimum absolute atomic E-state index is 0.153. The SMILES string of the molecule is C[C@@H]1CCc2nc(c3cc(Cl)ncc3n2)N[C@H](C)c2cccc(C(F)(F)F)c2O1. The van der Waals surface area contributed by atoms with Gasteiger partial charge in [0.2, 0.25) is 0 Å². The van der Waals surface area contributed by atoms with Gasteiger partial charge in [-0.15, -0.1) is 0 Å². The first-order chi connectivity index (χ1) is 13.7. The van der Waals surface area contributed by atoms with Gasteiger partial charge in [-0.2, -0.15) is 13.2 Å². The lowest BCUT2D eigenvalue weighted by Crippen LogP contribution is -2.19. The van der Waals surface area contributed by atoms with Crippen molar-refractivity contribution in [2.45, 2.75) is 45.0 Å². The summed E-state index contributed by atoms with van der Waals surface area (Å²) in [5.41, 5.74) is 0.234. The maximum absolute atomic E-state index is 13.6. The molecule has 0 saturated carbocycles. The van der Waals surface area contributed by atoms with Crippen LogP contribution in [0.15, 0.2) is 30.5 Å². The fraction of sp³-hybridized carbons (Fsp3) is 0.350. The third-order valence-corrected chi connectivity index (χ3v) is 5.07. The highest BCUT2D eigenvalue weighted by molar-refractivity contribution is 6.30. The van der Waals surface area contributed by atoms with Crippen LogP contribution in [0.2, 0.25) is 5.15 Å². The molecule has 1 aliphatic heterocycles. The highest BCUT2D eigenvalue weighted by atomic mass is 35.5. The van der Waals surface area contributed by atoms with Gasteiger partial charge in [0.25, 0.3) is 0 Å². The molecule has 5 nitrogen and oxygen atoms in total. The highest BCUT2D eigenvalue weighted by Gasteiger charge is 2.36. The Morgan fingerprint density at radius 3 is 2.76 bits per heavy atom. The van der Waals surface area contributed by atoms with Gasteiger partial charge in [-0.1, -0.05) is 23.7 Å². The monoisotopic (exact) mass is 422 g/mol. The highest BCUT2D eigenvalue weighted by Crippen LogP contribution is 2.42. The van der Waals surface area contributed by atoms with Gasteiger partial charge >= 0.3 is 6.18 Å². The lowest BCUT2D eigenvalue weighted by molar-refractivity contribution is -0.139. The van der Waals surface area contributed by atoms with E-state index in [1.54, 1.807) is 32.2 Å². The summed E-state index contributed by atoms with van der Waals surface area (Å²) in [6, 6.07) is 5.19. The van der Waals surface area contributed by atoms with Crippen molar-refractivity contribution in [2.24, 2.45) is 0 Å². The van der Waals surface area contributed by atoms with Crippen molar-refractivity contribution >= 4 is 28.3 Å². The Bertz CT molecular complexity index is 1070. The standard InChI is InChI=1S/C20H18ClF3N4O/c1-10-6-7-17-27-15-9-25-16(21)8-13(15)19(28-17)26-11(2)12-4-3-5-14(18(12)29-10)20(22,23)24/h3-5,8-11H,6-7H2,1-2H3,(H,26,27,28)/t10-,11-/m1/s1. The number of benzene rings is 1. The second kappa shape index (κ2) is 7.33. The molecule has 1 aromatic carbocycles. The summed E-state index contributed by atoms with van der Waals surface area (Å²) in [4.78, 5) is 13.2. The van der Waals surface area contributed by atoms with E-state index >= 15 is 0 Å². The number of pyridine rings is 1. The Hall–Kier alpha value is -2.61. The third-order valence-electron chi connectivity index (χ3n) is 4.86. The molecule has 3 heterocycles. The number of nitrogens with zero attached hydrogens (tertiary/aromatic N) is 3. The van der Waals surface area contributed by atoms with E-state index < -0.39 is 23.9 Å². The molecule has 3 aromatic rings. The van der Waals surface area contributed by atoms with Crippen LogP contribution in [-0.2, 0) is 12.6 Å². The van der Waals surface area contributed by atoms with Gasteiger partial charge in [-0.05, 0) is 32.4 Å². The Labute approximate surface area is 170 Å². The molecule has 1 N–H and O–H groups in total. The smallest absolute Gasteiger partial charge is 0.419 e. The summed E-state index contributed by atoms with van der Waals surface area (Å²) in [5.74, 6) is 0.910. The van der Waals surface area contributed by atoms with Crippen molar-refractivity contribution in [3.05, 3.63) is 52.6 Å². The van der Waals surface area contributed by atoms with Gasteiger partial charge in [0, 0.05) is 17.4 Å². The molecule has 0 aliphatic carbocycles. The van der Waals surface area contributed by atoms with Crippen molar-refractivity contribution in [2.75, 3.05) is 5.32 Å². The second-order valence-corrected chi connectivity index (χ2v) is 7.45. The Morgan fingerprint density at radius 1 is 1.21 bits per heavy atom. The predicted molar refractivity (Wildman–Crippen MR) is 104 cm³/mol. The molecule has 9 heteroatoms. The van der Waals surface area contributed by atoms with Crippen LogP contribution in [0.25, 0.3) is 10.9 Å². The lowest BCUT2D eigenvalue weighted by atomic mass is 10.0. The maximum Gasteiger partial charge on any atom is 0.419 e. The van der Waals surface area contributed by atoms with Crippen LogP contribution < -0.4 is 10.1 Å². The molecule has 0 spiro atoms. The summed E-state index contributed by atoms with van der Waals surface area (Å²) in [6.45, 7) is 3.51. The number of nitrogens with one attached hydrogen (secondary N) is 1. The summed E-state index contributed by atoms with van der Waals surface area (Å²) >= 11 is 6.03. The fourth-order valence-corrected chi connectivity index (χ4v) is 3.56. The number of aromatic nitrogens is 3. The van der Waals surface area contributed by atoms with Crippen molar-refractivity contribution < 1.29 is 17.9 Å². The zero-order chi connectivity index (χ0) is 20.8. The van der Waals surface area contributed by atoms with Crippen LogP contribution in [-0.4, -0.2) is 21.1 Å². The zero-order valence-corrected chi connectivity index (χ0v) is 16.5. The average Bonchev–Trinajstić information content (AvgIpc) is 2.67. The van der Waals surface area contributed by atoms with Crippen LogP contribution in [0.5, 0.6) is 5.75 Å². The Kier molecular flexibility index (Phi) is 4.98. The van der Waals surface area contributed by atoms with Crippen LogP contribution in [0, 0.1) is 0 Å². The van der Waals surface area contributed by atoms with E-state index in [-0.39, 0.29) is 10.9 Å². The Balaban J connectivity index is 1.89.